The quantitative estimate of drug-likeness (QED) is 0.345. The van der Waals surface area contributed by atoms with E-state index in [0.717, 1.165) is 4.74 Å². The highest BCUT2D eigenvalue weighted by atomic mass is 35.5. The molecule has 0 N–H and O–H groups in total. The molecule has 4 heteroatoms. The van der Waals surface area contributed by atoms with Crippen LogP contribution in [0.4, 0.5) is 5.69 Å². The number of hydrogen-bond donors (Lipinski definition) is 0. The van der Waals surface area contributed by atoms with E-state index in [1.807, 2.05) is 6.07 Å². The zero-order valence-electron chi connectivity index (χ0n) is 8.81. The van der Waals surface area contributed by atoms with Crippen molar-refractivity contribution in [2.45, 2.75) is 0 Å². The molecule has 2 nitrogen and oxygen atoms in total. The van der Waals surface area contributed by atoms with Crippen LogP contribution < -0.4 is 0 Å². The normalized spacial score (nSPS) is 11.5. The van der Waals surface area contributed by atoms with Gasteiger partial charge in [-0.05, 0) is 18.2 Å². The highest BCUT2D eigenvalue weighted by Gasteiger charge is 2.04. The Morgan fingerprint density at radius 3 is 2.41 bits per heavy atom. The van der Waals surface area contributed by atoms with Gasteiger partial charge in [-0.25, -0.2) is 0 Å². The summed E-state index contributed by atoms with van der Waals surface area (Å²) in [6.07, 6.45) is 1.41. The molecule has 0 saturated heterocycles. The summed E-state index contributed by atoms with van der Waals surface area (Å²) in [5.41, 5.74) is 1.14. The Kier molecular flexibility index (Phi) is 3.67. The molecule has 0 unspecified atom stereocenters. The molecule has 0 amide bonds. The number of hydrogen-bond acceptors (Lipinski definition) is 1. The van der Waals surface area contributed by atoms with E-state index in [2.05, 4.69) is 0 Å². The summed E-state index contributed by atoms with van der Waals surface area (Å²) in [5, 5.41) is 12.9. The van der Waals surface area contributed by atoms with Crippen LogP contribution in [0.3, 0.4) is 0 Å². The van der Waals surface area contributed by atoms with Gasteiger partial charge in [-0.1, -0.05) is 41.4 Å². The third-order valence-corrected chi connectivity index (χ3v) is 2.80. The molecule has 0 aromatic heterocycles. The van der Waals surface area contributed by atoms with Gasteiger partial charge in [0, 0.05) is 17.2 Å². The minimum atomic E-state index is 0.492. The summed E-state index contributed by atoms with van der Waals surface area (Å²) in [4.78, 5) is 0. The standard InChI is InChI=1S/C13H9Cl2NO/c14-11-6-7-13(15)10(8-11)9-16(17)12-4-2-1-3-5-12/h1-9H. The Labute approximate surface area is 109 Å². The van der Waals surface area contributed by atoms with Gasteiger partial charge in [-0.15, -0.1) is 0 Å². The first-order valence-electron chi connectivity index (χ1n) is 4.98. The molecule has 2 aromatic rings. The lowest BCUT2D eigenvalue weighted by atomic mass is 10.2. The van der Waals surface area contributed by atoms with Crippen molar-refractivity contribution >= 4 is 35.1 Å². The zero-order valence-corrected chi connectivity index (χ0v) is 10.3. The van der Waals surface area contributed by atoms with E-state index in [9.17, 15) is 5.21 Å². The molecule has 17 heavy (non-hydrogen) atoms. The second-order valence-corrected chi connectivity index (χ2v) is 4.30. The Balaban J connectivity index is 2.39. The van der Waals surface area contributed by atoms with E-state index in [1.54, 1.807) is 42.5 Å². The summed E-state index contributed by atoms with van der Waals surface area (Å²) in [6.45, 7) is 0. The number of halogens is 2. The number of para-hydroxylation sites is 1. The summed E-state index contributed by atoms with van der Waals surface area (Å²) in [5.74, 6) is 0. The van der Waals surface area contributed by atoms with E-state index in [0.29, 0.717) is 21.3 Å². The molecule has 0 heterocycles. The van der Waals surface area contributed by atoms with Crippen LogP contribution in [-0.2, 0) is 0 Å². The lowest BCUT2D eigenvalue weighted by molar-refractivity contribution is -0.354. The fourth-order valence-corrected chi connectivity index (χ4v) is 1.74. The molecule has 86 valence electrons. The molecule has 0 aliphatic rings. The second kappa shape index (κ2) is 5.21. The maximum Gasteiger partial charge on any atom is 0.216 e. The smallest absolute Gasteiger partial charge is 0.216 e. The first kappa shape index (κ1) is 12.0. The summed E-state index contributed by atoms with van der Waals surface area (Å²) >= 11 is 11.8. The van der Waals surface area contributed by atoms with Gasteiger partial charge in [0.25, 0.3) is 0 Å². The summed E-state index contributed by atoms with van der Waals surface area (Å²) in [7, 11) is 0. The average molecular weight is 266 g/mol. The van der Waals surface area contributed by atoms with E-state index in [-0.39, 0.29) is 0 Å². The summed E-state index contributed by atoms with van der Waals surface area (Å²) in [6, 6.07) is 13.9. The van der Waals surface area contributed by atoms with Crippen LogP contribution in [-0.4, -0.2) is 11.0 Å². The number of rotatable bonds is 2. The van der Waals surface area contributed by atoms with Crippen molar-refractivity contribution in [2.24, 2.45) is 0 Å². The molecule has 0 saturated carbocycles. The molecular formula is C13H9Cl2NO. The molecule has 2 aromatic carbocycles. The largest absolute Gasteiger partial charge is 0.618 e. The van der Waals surface area contributed by atoms with Gasteiger partial charge in [0.2, 0.25) is 5.69 Å². The molecule has 0 bridgehead atoms. The predicted octanol–water partition coefficient (Wildman–Crippen LogP) is 4.25. The van der Waals surface area contributed by atoms with Gasteiger partial charge in [0.05, 0.1) is 10.6 Å². The van der Waals surface area contributed by atoms with Crippen molar-refractivity contribution in [2.75, 3.05) is 0 Å². The molecule has 0 radical (unpaired) electrons. The Hall–Kier alpha value is -1.51. The SMILES string of the molecule is [O-][N+](=Cc1cc(Cl)ccc1Cl)c1ccccc1. The molecule has 0 spiro atoms. The van der Waals surface area contributed by atoms with Gasteiger partial charge < -0.3 is 5.21 Å². The van der Waals surface area contributed by atoms with Crippen LogP contribution in [0, 0.1) is 5.21 Å². The highest BCUT2D eigenvalue weighted by molar-refractivity contribution is 6.35. The minimum absolute atomic E-state index is 0.492. The average Bonchev–Trinajstić information content (AvgIpc) is 2.35. The Bertz CT molecular complexity index is 553. The number of nitrogens with zero attached hydrogens (tertiary/aromatic N) is 1. The first-order valence-corrected chi connectivity index (χ1v) is 5.74. The third-order valence-electron chi connectivity index (χ3n) is 2.23. The van der Waals surface area contributed by atoms with Crippen molar-refractivity contribution in [3.63, 3.8) is 0 Å². The molecule has 0 atom stereocenters. The lowest BCUT2D eigenvalue weighted by Crippen LogP contribution is -1.99. The molecule has 0 fully saturated rings. The topological polar surface area (TPSA) is 26.1 Å². The first-order chi connectivity index (χ1) is 8.16. The molecule has 0 aliphatic heterocycles. The Morgan fingerprint density at radius 2 is 1.71 bits per heavy atom. The lowest BCUT2D eigenvalue weighted by Gasteiger charge is -2.03. The zero-order chi connectivity index (χ0) is 12.3. The Morgan fingerprint density at radius 1 is 1.00 bits per heavy atom. The second-order valence-electron chi connectivity index (χ2n) is 3.46. The van der Waals surface area contributed by atoms with Crippen molar-refractivity contribution in [1.29, 1.82) is 0 Å². The van der Waals surface area contributed by atoms with Crippen LogP contribution in [0.1, 0.15) is 5.56 Å². The van der Waals surface area contributed by atoms with E-state index < -0.39 is 0 Å². The fraction of sp³-hybridized carbons (Fsp3) is 0. The van der Waals surface area contributed by atoms with Crippen LogP contribution in [0.15, 0.2) is 48.5 Å². The maximum atomic E-state index is 11.8. The monoisotopic (exact) mass is 265 g/mol. The molecular weight excluding hydrogens is 257 g/mol. The van der Waals surface area contributed by atoms with Crippen LogP contribution >= 0.6 is 23.2 Å². The predicted molar refractivity (Wildman–Crippen MR) is 71.4 cm³/mol. The van der Waals surface area contributed by atoms with Gasteiger partial charge in [0.1, 0.15) is 0 Å². The van der Waals surface area contributed by atoms with Crippen molar-refractivity contribution in [1.82, 2.24) is 0 Å². The maximum absolute atomic E-state index is 11.8. The van der Waals surface area contributed by atoms with Crippen LogP contribution in [0.5, 0.6) is 0 Å². The van der Waals surface area contributed by atoms with Gasteiger partial charge >= 0.3 is 0 Å². The van der Waals surface area contributed by atoms with Crippen molar-refractivity contribution in [3.8, 4) is 0 Å². The van der Waals surface area contributed by atoms with Gasteiger partial charge in [-0.3, -0.25) is 0 Å². The third kappa shape index (κ3) is 2.99. The minimum Gasteiger partial charge on any atom is -0.618 e. The van der Waals surface area contributed by atoms with Crippen molar-refractivity contribution < 1.29 is 4.74 Å². The molecule has 2 rings (SSSR count). The van der Waals surface area contributed by atoms with Crippen LogP contribution in [0.25, 0.3) is 0 Å². The highest BCUT2D eigenvalue weighted by Crippen LogP contribution is 2.19. The van der Waals surface area contributed by atoms with E-state index in [4.69, 9.17) is 23.2 Å². The number of benzene rings is 2. The fourth-order valence-electron chi connectivity index (χ4n) is 1.39. The molecule has 0 aliphatic carbocycles. The van der Waals surface area contributed by atoms with Crippen molar-refractivity contribution in [3.05, 3.63) is 69.3 Å². The van der Waals surface area contributed by atoms with Gasteiger partial charge in [0.15, 0.2) is 6.21 Å². The summed E-state index contributed by atoms with van der Waals surface area (Å²) < 4.78 is 0.761. The van der Waals surface area contributed by atoms with E-state index in [1.165, 1.54) is 6.21 Å². The van der Waals surface area contributed by atoms with E-state index >= 15 is 0 Å². The van der Waals surface area contributed by atoms with Gasteiger partial charge in [-0.2, -0.15) is 4.74 Å². The van der Waals surface area contributed by atoms with Crippen LogP contribution in [0.2, 0.25) is 10.0 Å².